The van der Waals surface area contributed by atoms with Gasteiger partial charge in [-0.25, -0.2) is 4.98 Å². The third-order valence-electron chi connectivity index (χ3n) is 4.33. The van der Waals surface area contributed by atoms with Crippen molar-refractivity contribution in [3.05, 3.63) is 66.9 Å². The first-order valence-corrected chi connectivity index (χ1v) is 11.3. The molecule has 1 aliphatic heterocycles. The number of hydrogen-bond acceptors (Lipinski definition) is 8. The molecule has 0 radical (unpaired) electrons. The standard InChI is InChI=1S/C19H12Br2N6O3S/c1-10-17(24-23-15-7-6-13(27(29)30)8-14(15)21)18(28)26(25-10)19-22-16(9-31-19)11-2-4-12(20)5-3-11/h2-9,17H,1H3. The molecule has 156 valence electrons. The summed E-state index contributed by atoms with van der Waals surface area (Å²) in [5.74, 6) is -0.365. The van der Waals surface area contributed by atoms with E-state index in [1.807, 2.05) is 29.6 Å². The number of carbonyl (C=O) groups is 1. The Labute approximate surface area is 196 Å². The van der Waals surface area contributed by atoms with Gasteiger partial charge in [-0.2, -0.15) is 20.3 Å². The number of anilines is 1. The lowest BCUT2D eigenvalue weighted by Gasteiger charge is -2.08. The van der Waals surface area contributed by atoms with Crippen LogP contribution in [-0.4, -0.2) is 27.6 Å². The third-order valence-corrected chi connectivity index (χ3v) is 6.31. The van der Waals surface area contributed by atoms with Crippen LogP contribution in [0.25, 0.3) is 11.3 Å². The molecule has 2 aromatic carbocycles. The number of halogens is 2. The van der Waals surface area contributed by atoms with E-state index in [4.69, 9.17) is 0 Å². The molecule has 1 atom stereocenters. The highest BCUT2D eigenvalue weighted by atomic mass is 79.9. The number of aromatic nitrogens is 1. The van der Waals surface area contributed by atoms with E-state index in [-0.39, 0.29) is 11.6 Å². The van der Waals surface area contributed by atoms with Gasteiger partial charge in [0.2, 0.25) is 5.13 Å². The van der Waals surface area contributed by atoms with Gasteiger partial charge in [0.15, 0.2) is 6.04 Å². The molecular weight excluding hydrogens is 552 g/mol. The Morgan fingerprint density at radius 1 is 1.19 bits per heavy atom. The van der Waals surface area contributed by atoms with Crippen molar-refractivity contribution in [3.63, 3.8) is 0 Å². The predicted molar refractivity (Wildman–Crippen MR) is 125 cm³/mol. The second-order valence-electron chi connectivity index (χ2n) is 6.42. The number of hydrazone groups is 1. The average Bonchev–Trinajstić information content (AvgIpc) is 3.33. The van der Waals surface area contributed by atoms with Crippen molar-refractivity contribution >= 4 is 71.3 Å². The quantitative estimate of drug-likeness (QED) is 0.211. The minimum Gasteiger partial charge on any atom is -0.269 e. The summed E-state index contributed by atoms with van der Waals surface area (Å²) in [5, 5.41) is 26.9. The first kappa shape index (κ1) is 21.4. The number of nitro groups is 1. The van der Waals surface area contributed by atoms with Crippen molar-refractivity contribution in [1.29, 1.82) is 0 Å². The number of benzene rings is 2. The van der Waals surface area contributed by atoms with Crippen LogP contribution >= 0.6 is 43.2 Å². The topological polar surface area (TPSA) is 113 Å². The summed E-state index contributed by atoms with van der Waals surface area (Å²) in [4.78, 5) is 27.8. The Morgan fingerprint density at radius 3 is 2.61 bits per heavy atom. The number of carbonyl (C=O) groups excluding carboxylic acids is 1. The number of nitro benzene ring substituents is 1. The maximum atomic E-state index is 12.9. The van der Waals surface area contributed by atoms with Gasteiger partial charge in [-0.05, 0) is 41.1 Å². The third kappa shape index (κ3) is 4.45. The van der Waals surface area contributed by atoms with E-state index in [9.17, 15) is 14.9 Å². The molecule has 0 fully saturated rings. The van der Waals surface area contributed by atoms with Gasteiger partial charge in [0.05, 0.1) is 26.5 Å². The van der Waals surface area contributed by atoms with E-state index in [2.05, 4.69) is 52.2 Å². The number of nitrogens with zero attached hydrogens (tertiary/aromatic N) is 6. The van der Waals surface area contributed by atoms with Gasteiger partial charge in [-0.3, -0.25) is 14.9 Å². The number of hydrogen-bond donors (Lipinski definition) is 0. The summed E-state index contributed by atoms with van der Waals surface area (Å²) < 4.78 is 1.37. The van der Waals surface area contributed by atoms with E-state index < -0.39 is 11.0 Å². The van der Waals surface area contributed by atoms with Crippen molar-refractivity contribution in [1.82, 2.24) is 4.98 Å². The Morgan fingerprint density at radius 2 is 1.94 bits per heavy atom. The largest absolute Gasteiger partial charge is 0.282 e. The summed E-state index contributed by atoms with van der Waals surface area (Å²) in [5.41, 5.74) is 2.45. The predicted octanol–water partition coefficient (Wildman–Crippen LogP) is 6.12. The van der Waals surface area contributed by atoms with Crippen LogP contribution in [0, 0.1) is 10.1 Å². The van der Waals surface area contributed by atoms with Crippen LogP contribution < -0.4 is 5.01 Å². The number of rotatable bonds is 5. The van der Waals surface area contributed by atoms with Crippen molar-refractivity contribution in [2.75, 3.05) is 5.01 Å². The zero-order valence-electron chi connectivity index (χ0n) is 15.8. The van der Waals surface area contributed by atoms with Gasteiger partial charge in [-0.1, -0.05) is 28.1 Å². The molecule has 3 aromatic rings. The molecule has 31 heavy (non-hydrogen) atoms. The summed E-state index contributed by atoms with van der Waals surface area (Å²) in [7, 11) is 0. The smallest absolute Gasteiger partial charge is 0.269 e. The molecule has 4 rings (SSSR count). The molecule has 2 heterocycles. The average molecular weight is 564 g/mol. The highest BCUT2D eigenvalue weighted by molar-refractivity contribution is 9.10. The van der Waals surface area contributed by atoms with Crippen molar-refractivity contribution in [2.45, 2.75) is 13.0 Å². The molecule has 1 aromatic heterocycles. The first-order valence-electron chi connectivity index (χ1n) is 8.79. The minimum absolute atomic E-state index is 0.0722. The molecule has 0 N–H and O–H groups in total. The van der Waals surface area contributed by atoms with Gasteiger partial charge in [0.1, 0.15) is 0 Å². The lowest BCUT2D eigenvalue weighted by molar-refractivity contribution is -0.384. The normalized spacial score (nSPS) is 16.2. The molecule has 0 bridgehead atoms. The number of amides is 1. The molecule has 0 saturated heterocycles. The Bertz CT molecular complexity index is 1240. The maximum Gasteiger partial charge on any atom is 0.282 e. The van der Waals surface area contributed by atoms with Gasteiger partial charge < -0.3 is 0 Å². The second kappa shape index (κ2) is 8.73. The van der Waals surface area contributed by atoms with Crippen LogP contribution in [0.2, 0.25) is 0 Å². The highest BCUT2D eigenvalue weighted by Crippen LogP contribution is 2.33. The Kier molecular flexibility index (Phi) is 6.03. The summed E-state index contributed by atoms with van der Waals surface area (Å²) >= 11 is 7.95. The summed E-state index contributed by atoms with van der Waals surface area (Å²) in [6, 6.07) is 10.9. The van der Waals surface area contributed by atoms with Crippen LogP contribution in [0.3, 0.4) is 0 Å². The number of thiazole rings is 1. The van der Waals surface area contributed by atoms with Crippen molar-refractivity contribution in [2.24, 2.45) is 15.3 Å². The highest BCUT2D eigenvalue weighted by Gasteiger charge is 2.36. The number of azo groups is 1. The maximum absolute atomic E-state index is 12.9. The fraction of sp³-hybridized carbons (Fsp3) is 0.105. The van der Waals surface area contributed by atoms with Crippen LogP contribution in [0.15, 0.2) is 72.1 Å². The summed E-state index contributed by atoms with van der Waals surface area (Å²) in [6.45, 7) is 1.69. The molecule has 0 spiro atoms. The minimum atomic E-state index is -0.887. The lowest BCUT2D eigenvalue weighted by atomic mass is 10.2. The van der Waals surface area contributed by atoms with E-state index in [0.29, 0.717) is 21.0 Å². The van der Waals surface area contributed by atoms with Crippen LogP contribution in [0.5, 0.6) is 0 Å². The Hall–Kier alpha value is -2.83. The van der Waals surface area contributed by atoms with Gasteiger partial charge in [0.25, 0.3) is 11.6 Å². The van der Waals surface area contributed by atoms with E-state index in [0.717, 1.165) is 15.7 Å². The molecule has 1 amide bonds. The van der Waals surface area contributed by atoms with E-state index >= 15 is 0 Å². The second-order valence-corrected chi connectivity index (χ2v) is 9.03. The van der Waals surface area contributed by atoms with Crippen LogP contribution in [0.4, 0.5) is 16.5 Å². The van der Waals surface area contributed by atoms with Crippen LogP contribution in [-0.2, 0) is 4.79 Å². The molecule has 1 aliphatic rings. The first-order chi connectivity index (χ1) is 14.8. The number of non-ortho nitro benzene ring substituents is 1. The molecule has 1 unspecified atom stereocenters. The Balaban J connectivity index is 1.53. The fourth-order valence-corrected chi connectivity index (χ4v) is 4.25. The molecular formula is C19H12Br2N6O3S. The van der Waals surface area contributed by atoms with Crippen molar-refractivity contribution < 1.29 is 9.72 Å². The van der Waals surface area contributed by atoms with Gasteiger partial charge >= 0.3 is 0 Å². The summed E-state index contributed by atoms with van der Waals surface area (Å²) in [6.07, 6.45) is 0. The fourth-order valence-electron chi connectivity index (χ4n) is 2.75. The van der Waals surface area contributed by atoms with E-state index in [1.165, 1.54) is 34.5 Å². The molecule has 12 heteroatoms. The zero-order valence-corrected chi connectivity index (χ0v) is 19.8. The molecule has 0 aliphatic carbocycles. The van der Waals surface area contributed by atoms with E-state index in [1.54, 1.807) is 6.92 Å². The van der Waals surface area contributed by atoms with Gasteiger partial charge in [-0.15, -0.1) is 11.3 Å². The molecule has 9 nitrogen and oxygen atoms in total. The van der Waals surface area contributed by atoms with Crippen molar-refractivity contribution in [3.8, 4) is 11.3 Å². The zero-order chi connectivity index (χ0) is 22.1. The van der Waals surface area contributed by atoms with Gasteiger partial charge in [0, 0.05) is 27.5 Å². The lowest BCUT2D eigenvalue weighted by Crippen LogP contribution is -2.29. The molecule has 0 saturated carbocycles. The monoisotopic (exact) mass is 562 g/mol. The van der Waals surface area contributed by atoms with Crippen LogP contribution in [0.1, 0.15) is 6.92 Å². The SMILES string of the molecule is CC1=NN(c2nc(-c3ccc(Br)cc3)cs2)C(=O)C1N=Nc1ccc([N+](=O)[O-])cc1Br.